The Morgan fingerprint density at radius 2 is 2.35 bits per heavy atom. The molecule has 3 N–H and O–H groups in total. The zero-order chi connectivity index (χ0) is 14.5. The molecule has 1 fully saturated rings. The lowest BCUT2D eigenvalue weighted by molar-refractivity contribution is -0.117. The Labute approximate surface area is 119 Å². The van der Waals surface area contributed by atoms with Gasteiger partial charge in [0.25, 0.3) is 0 Å². The van der Waals surface area contributed by atoms with Gasteiger partial charge in [-0.25, -0.2) is 4.39 Å². The SMILES string of the molecule is CCC1CCCN(CC(=O)Nc2ccc(F)c(N)c2)C1. The van der Waals surface area contributed by atoms with Gasteiger partial charge in [-0.3, -0.25) is 9.69 Å². The predicted molar refractivity (Wildman–Crippen MR) is 78.9 cm³/mol. The van der Waals surface area contributed by atoms with Crippen LogP contribution >= 0.6 is 0 Å². The minimum Gasteiger partial charge on any atom is -0.396 e. The van der Waals surface area contributed by atoms with Gasteiger partial charge in [-0.05, 0) is 43.5 Å². The van der Waals surface area contributed by atoms with E-state index in [0.29, 0.717) is 18.2 Å². The normalized spacial score (nSPS) is 19.8. The maximum atomic E-state index is 13.0. The van der Waals surface area contributed by atoms with Crippen LogP contribution in [0.4, 0.5) is 15.8 Å². The van der Waals surface area contributed by atoms with Gasteiger partial charge in [-0.2, -0.15) is 0 Å². The van der Waals surface area contributed by atoms with Gasteiger partial charge in [0, 0.05) is 12.2 Å². The summed E-state index contributed by atoms with van der Waals surface area (Å²) in [6.07, 6.45) is 3.56. The maximum Gasteiger partial charge on any atom is 0.238 e. The monoisotopic (exact) mass is 279 g/mol. The number of hydrogen-bond acceptors (Lipinski definition) is 3. The first-order valence-corrected chi connectivity index (χ1v) is 7.15. The molecule has 0 spiro atoms. The molecule has 1 unspecified atom stereocenters. The topological polar surface area (TPSA) is 58.4 Å². The summed E-state index contributed by atoms with van der Waals surface area (Å²) in [5.41, 5.74) is 6.07. The van der Waals surface area contributed by atoms with Gasteiger partial charge in [0.1, 0.15) is 5.82 Å². The molecule has 1 aliphatic heterocycles. The fourth-order valence-electron chi connectivity index (χ4n) is 2.65. The minimum absolute atomic E-state index is 0.0480. The molecule has 4 nitrogen and oxygen atoms in total. The molecular weight excluding hydrogens is 257 g/mol. The number of halogens is 1. The third-order valence-electron chi connectivity index (χ3n) is 3.83. The van der Waals surface area contributed by atoms with Crippen molar-refractivity contribution in [3.63, 3.8) is 0 Å². The van der Waals surface area contributed by atoms with Crippen molar-refractivity contribution in [2.45, 2.75) is 26.2 Å². The molecule has 0 radical (unpaired) electrons. The first kappa shape index (κ1) is 14.8. The molecule has 1 heterocycles. The quantitative estimate of drug-likeness (QED) is 0.832. The van der Waals surface area contributed by atoms with Crippen LogP contribution in [-0.2, 0) is 4.79 Å². The van der Waals surface area contributed by atoms with E-state index in [2.05, 4.69) is 17.1 Å². The van der Waals surface area contributed by atoms with Crippen molar-refractivity contribution in [3.05, 3.63) is 24.0 Å². The molecule has 110 valence electrons. The first-order chi connectivity index (χ1) is 9.58. The zero-order valence-electron chi connectivity index (χ0n) is 11.9. The maximum absolute atomic E-state index is 13.0. The number of rotatable bonds is 4. The predicted octanol–water partition coefficient (Wildman–Crippen LogP) is 2.47. The van der Waals surface area contributed by atoms with E-state index in [4.69, 9.17) is 5.73 Å². The number of hydrogen-bond donors (Lipinski definition) is 2. The molecule has 1 atom stereocenters. The summed E-state index contributed by atoms with van der Waals surface area (Å²) in [6, 6.07) is 4.23. The second kappa shape index (κ2) is 6.70. The first-order valence-electron chi connectivity index (χ1n) is 7.15. The fraction of sp³-hybridized carbons (Fsp3) is 0.533. The second-order valence-electron chi connectivity index (χ2n) is 5.44. The molecule has 1 aromatic carbocycles. The Bertz CT molecular complexity index is 478. The van der Waals surface area contributed by atoms with Crippen LogP contribution in [0.15, 0.2) is 18.2 Å². The average molecular weight is 279 g/mol. The van der Waals surface area contributed by atoms with Crippen LogP contribution in [0.5, 0.6) is 0 Å². The molecule has 20 heavy (non-hydrogen) atoms. The summed E-state index contributed by atoms with van der Waals surface area (Å²) in [5.74, 6) is 0.149. The Morgan fingerprint density at radius 1 is 1.55 bits per heavy atom. The molecule has 0 bridgehead atoms. The highest BCUT2D eigenvalue weighted by molar-refractivity contribution is 5.92. The zero-order valence-corrected chi connectivity index (χ0v) is 11.9. The Kier molecular flexibility index (Phi) is 4.95. The molecule has 0 saturated carbocycles. The van der Waals surface area contributed by atoms with E-state index in [1.165, 1.54) is 24.6 Å². The van der Waals surface area contributed by atoms with E-state index >= 15 is 0 Å². The lowest BCUT2D eigenvalue weighted by atomic mass is 9.96. The van der Waals surface area contributed by atoms with Crippen LogP contribution in [0.2, 0.25) is 0 Å². The third kappa shape index (κ3) is 3.93. The van der Waals surface area contributed by atoms with Crippen molar-refractivity contribution in [2.24, 2.45) is 5.92 Å². The fourth-order valence-corrected chi connectivity index (χ4v) is 2.65. The lowest BCUT2D eigenvalue weighted by Crippen LogP contribution is -2.40. The van der Waals surface area contributed by atoms with E-state index in [1.807, 2.05) is 0 Å². The van der Waals surface area contributed by atoms with E-state index in [9.17, 15) is 9.18 Å². The molecular formula is C15H22FN3O. The number of nitrogen functional groups attached to an aromatic ring is 1. The summed E-state index contributed by atoms with van der Waals surface area (Å²) in [6.45, 7) is 4.52. The van der Waals surface area contributed by atoms with Crippen LogP contribution in [0.1, 0.15) is 26.2 Å². The largest absolute Gasteiger partial charge is 0.396 e. The van der Waals surface area contributed by atoms with Crippen molar-refractivity contribution >= 4 is 17.3 Å². The van der Waals surface area contributed by atoms with Gasteiger partial charge in [0.05, 0.1) is 12.2 Å². The number of nitrogens with one attached hydrogen (secondary N) is 1. The molecule has 1 aromatic rings. The second-order valence-corrected chi connectivity index (χ2v) is 5.44. The summed E-state index contributed by atoms with van der Waals surface area (Å²) in [5, 5.41) is 2.76. The molecule has 1 saturated heterocycles. The van der Waals surface area contributed by atoms with Gasteiger partial charge in [-0.15, -0.1) is 0 Å². The van der Waals surface area contributed by atoms with Crippen molar-refractivity contribution in [2.75, 3.05) is 30.7 Å². The highest BCUT2D eigenvalue weighted by Gasteiger charge is 2.20. The van der Waals surface area contributed by atoms with Crippen molar-refractivity contribution in [1.82, 2.24) is 4.90 Å². The van der Waals surface area contributed by atoms with E-state index in [1.54, 1.807) is 0 Å². The summed E-state index contributed by atoms with van der Waals surface area (Å²) >= 11 is 0. The van der Waals surface area contributed by atoms with Gasteiger partial charge >= 0.3 is 0 Å². The highest BCUT2D eigenvalue weighted by Crippen LogP contribution is 2.19. The summed E-state index contributed by atoms with van der Waals surface area (Å²) in [4.78, 5) is 14.2. The number of carbonyl (C=O) groups is 1. The van der Waals surface area contributed by atoms with Crippen LogP contribution in [0, 0.1) is 11.7 Å². The smallest absolute Gasteiger partial charge is 0.238 e. The lowest BCUT2D eigenvalue weighted by Gasteiger charge is -2.31. The highest BCUT2D eigenvalue weighted by atomic mass is 19.1. The number of anilines is 2. The molecule has 0 aliphatic carbocycles. The molecule has 1 aliphatic rings. The average Bonchev–Trinajstić information content (AvgIpc) is 2.43. The van der Waals surface area contributed by atoms with Crippen LogP contribution < -0.4 is 11.1 Å². The molecule has 0 aromatic heterocycles. The summed E-state index contributed by atoms with van der Waals surface area (Å²) in [7, 11) is 0. The Hall–Kier alpha value is -1.62. The van der Waals surface area contributed by atoms with Crippen LogP contribution in [0.25, 0.3) is 0 Å². The Balaban J connectivity index is 1.87. The van der Waals surface area contributed by atoms with Crippen LogP contribution in [-0.4, -0.2) is 30.4 Å². The van der Waals surface area contributed by atoms with E-state index in [0.717, 1.165) is 25.9 Å². The molecule has 5 heteroatoms. The Morgan fingerprint density at radius 3 is 3.05 bits per heavy atom. The third-order valence-corrected chi connectivity index (χ3v) is 3.83. The van der Waals surface area contributed by atoms with Gasteiger partial charge in [-0.1, -0.05) is 13.3 Å². The molecule has 2 rings (SSSR count). The van der Waals surface area contributed by atoms with E-state index in [-0.39, 0.29) is 11.6 Å². The number of nitrogens with two attached hydrogens (primary N) is 1. The number of benzene rings is 1. The standard InChI is InChI=1S/C15H22FN3O/c1-2-11-4-3-7-19(9-11)10-15(20)18-12-5-6-13(16)14(17)8-12/h5-6,8,11H,2-4,7,9-10,17H2,1H3,(H,18,20). The minimum atomic E-state index is -0.468. The van der Waals surface area contributed by atoms with Gasteiger partial charge < -0.3 is 11.1 Å². The van der Waals surface area contributed by atoms with Crippen molar-refractivity contribution in [3.8, 4) is 0 Å². The summed E-state index contributed by atoms with van der Waals surface area (Å²) < 4.78 is 13.0. The van der Waals surface area contributed by atoms with Gasteiger partial charge in [0.15, 0.2) is 0 Å². The van der Waals surface area contributed by atoms with E-state index < -0.39 is 5.82 Å². The number of amides is 1. The van der Waals surface area contributed by atoms with Gasteiger partial charge in [0.2, 0.25) is 5.91 Å². The number of carbonyl (C=O) groups excluding carboxylic acids is 1. The number of nitrogens with zero attached hydrogens (tertiary/aromatic N) is 1. The molecule has 1 amide bonds. The number of piperidine rings is 1. The van der Waals surface area contributed by atoms with Crippen LogP contribution in [0.3, 0.4) is 0 Å². The van der Waals surface area contributed by atoms with Crippen molar-refractivity contribution in [1.29, 1.82) is 0 Å². The van der Waals surface area contributed by atoms with Crippen molar-refractivity contribution < 1.29 is 9.18 Å². The number of likely N-dealkylation sites (tertiary alicyclic amines) is 1.